The predicted octanol–water partition coefficient (Wildman–Crippen LogP) is 2.41. The van der Waals surface area contributed by atoms with Crippen LogP contribution in [0.1, 0.15) is 52.9 Å². The number of hydrogen-bond donors (Lipinski definition) is 1. The Morgan fingerprint density at radius 3 is 2.50 bits per heavy atom. The van der Waals surface area contributed by atoms with E-state index in [1.54, 1.807) is 0 Å². The molecule has 18 heavy (non-hydrogen) atoms. The van der Waals surface area contributed by atoms with Crippen LogP contribution in [0.25, 0.3) is 0 Å². The molecule has 3 nitrogen and oxygen atoms in total. The van der Waals surface area contributed by atoms with Crippen LogP contribution < -0.4 is 5.32 Å². The lowest BCUT2D eigenvalue weighted by Crippen LogP contribution is -2.59. The lowest BCUT2D eigenvalue weighted by atomic mass is 9.80. The van der Waals surface area contributed by atoms with Crippen molar-refractivity contribution < 1.29 is 4.79 Å². The maximum absolute atomic E-state index is 12.5. The van der Waals surface area contributed by atoms with Crippen molar-refractivity contribution in [3.05, 3.63) is 0 Å². The molecule has 0 aromatic carbocycles. The normalized spacial score (nSPS) is 32.3. The second-order valence-electron chi connectivity index (χ2n) is 6.70. The summed E-state index contributed by atoms with van der Waals surface area (Å²) in [6.45, 7) is 9.31. The van der Waals surface area contributed by atoms with Gasteiger partial charge in [0.05, 0.1) is 0 Å². The van der Waals surface area contributed by atoms with E-state index >= 15 is 0 Å². The summed E-state index contributed by atoms with van der Waals surface area (Å²) in [5.41, 5.74) is 0.0779. The van der Waals surface area contributed by atoms with Crippen LogP contribution >= 0.6 is 0 Å². The van der Waals surface area contributed by atoms with Gasteiger partial charge < -0.3 is 10.2 Å². The van der Waals surface area contributed by atoms with Crippen LogP contribution in [0, 0.1) is 11.8 Å². The number of nitrogens with zero attached hydrogens (tertiary/aromatic N) is 1. The summed E-state index contributed by atoms with van der Waals surface area (Å²) in [4.78, 5) is 14.6. The van der Waals surface area contributed by atoms with Crippen molar-refractivity contribution in [3.8, 4) is 0 Å². The van der Waals surface area contributed by atoms with Crippen LogP contribution in [0.4, 0.5) is 0 Å². The first kappa shape index (κ1) is 13.9. The SMILES string of the molecule is CCC1CCC(C(=O)N2CCNC(C)(C)C2)CC1. The van der Waals surface area contributed by atoms with Crippen molar-refractivity contribution in [1.29, 1.82) is 0 Å². The quantitative estimate of drug-likeness (QED) is 0.818. The molecule has 3 heteroatoms. The number of rotatable bonds is 2. The van der Waals surface area contributed by atoms with Gasteiger partial charge in [-0.15, -0.1) is 0 Å². The van der Waals surface area contributed by atoms with E-state index in [-0.39, 0.29) is 5.54 Å². The minimum Gasteiger partial charge on any atom is -0.339 e. The Labute approximate surface area is 111 Å². The highest BCUT2D eigenvalue weighted by Crippen LogP contribution is 2.32. The first-order valence-electron chi connectivity index (χ1n) is 7.55. The van der Waals surface area contributed by atoms with Gasteiger partial charge in [-0.25, -0.2) is 0 Å². The van der Waals surface area contributed by atoms with Crippen molar-refractivity contribution in [2.75, 3.05) is 19.6 Å². The molecule has 1 aliphatic heterocycles. The molecule has 0 aromatic heterocycles. The molecular formula is C15H28N2O. The smallest absolute Gasteiger partial charge is 0.225 e. The van der Waals surface area contributed by atoms with E-state index < -0.39 is 0 Å². The average molecular weight is 252 g/mol. The molecule has 1 aliphatic carbocycles. The molecule has 1 saturated heterocycles. The van der Waals surface area contributed by atoms with Crippen LogP contribution in [0.15, 0.2) is 0 Å². The first-order valence-corrected chi connectivity index (χ1v) is 7.55. The third kappa shape index (κ3) is 3.25. The number of carbonyl (C=O) groups excluding carboxylic acids is 1. The van der Waals surface area contributed by atoms with Crippen LogP contribution in [0.3, 0.4) is 0 Å². The van der Waals surface area contributed by atoms with E-state index in [0.717, 1.165) is 38.4 Å². The topological polar surface area (TPSA) is 32.3 Å². The fourth-order valence-electron chi connectivity index (χ4n) is 3.41. The van der Waals surface area contributed by atoms with Crippen molar-refractivity contribution >= 4 is 5.91 Å². The van der Waals surface area contributed by atoms with Crippen molar-refractivity contribution in [2.24, 2.45) is 11.8 Å². The standard InChI is InChI=1S/C15H28N2O/c1-4-12-5-7-13(8-6-12)14(18)17-10-9-16-15(2,3)11-17/h12-13,16H,4-11H2,1-3H3. The Morgan fingerprint density at radius 2 is 1.94 bits per heavy atom. The molecule has 104 valence electrons. The summed E-state index contributed by atoms with van der Waals surface area (Å²) in [5.74, 6) is 1.59. The monoisotopic (exact) mass is 252 g/mol. The molecule has 0 unspecified atom stereocenters. The van der Waals surface area contributed by atoms with Gasteiger partial charge in [0.15, 0.2) is 0 Å². The maximum atomic E-state index is 12.5. The van der Waals surface area contributed by atoms with Gasteiger partial charge in [-0.05, 0) is 45.4 Å². The molecular weight excluding hydrogens is 224 g/mol. The molecule has 0 atom stereocenters. The van der Waals surface area contributed by atoms with E-state index in [9.17, 15) is 4.79 Å². The van der Waals surface area contributed by atoms with Crippen LogP contribution in [-0.2, 0) is 4.79 Å². The Morgan fingerprint density at radius 1 is 1.28 bits per heavy atom. The number of carbonyl (C=O) groups is 1. The van der Waals surface area contributed by atoms with Gasteiger partial charge in [0.1, 0.15) is 0 Å². The fourth-order valence-corrected chi connectivity index (χ4v) is 3.41. The van der Waals surface area contributed by atoms with E-state index in [1.165, 1.54) is 19.3 Å². The molecule has 1 saturated carbocycles. The minimum absolute atomic E-state index is 0.0779. The summed E-state index contributed by atoms with van der Waals surface area (Å²) in [7, 11) is 0. The third-order valence-electron chi connectivity index (χ3n) is 4.66. The molecule has 1 amide bonds. The number of hydrogen-bond acceptors (Lipinski definition) is 2. The highest BCUT2D eigenvalue weighted by Gasteiger charge is 2.33. The van der Waals surface area contributed by atoms with E-state index in [1.807, 2.05) is 0 Å². The summed E-state index contributed by atoms with van der Waals surface area (Å²) >= 11 is 0. The predicted molar refractivity (Wildman–Crippen MR) is 74.4 cm³/mol. The number of nitrogens with one attached hydrogen (secondary N) is 1. The number of amides is 1. The van der Waals surface area contributed by atoms with Crippen molar-refractivity contribution in [3.63, 3.8) is 0 Å². The van der Waals surface area contributed by atoms with Crippen molar-refractivity contribution in [2.45, 2.75) is 58.4 Å². The lowest BCUT2D eigenvalue weighted by molar-refractivity contribution is -0.139. The van der Waals surface area contributed by atoms with Gasteiger partial charge in [-0.3, -0.25) is 4.79 Å². The average Bonchev–Trinajstić information content (AvgIpc) is 2.37. The zero-order valence-corrected chi connectivity index (χ0v) is 12.2. The van der Waals surface area contributed by atoms with Gasteiger partial charge in [-0.1, -0.05) is 13.3 Å². The van der Waals surface area contributed by atoms with Crippen LogP contribution in [0.2, 0.25) is 0 Å². The molecule has 0 bridgehead atoms. The zero-order valence-electron chi connectivity index (χ0n) is 12.2. The summed E-state index contributed by atoms with van der Waals surface area (Å²) in [5, 5.41) is 3.47. The molecule has 0 spiro atoms. The zero-order chi connectivity index (χ0) is 13.2. The Hall–Kier alpha value is -0.570. The Balaban J connectivity index is 1.88. The molecule has 2 fully saturated rings. The van der Waals surface area contributed by atoms with Gasteiger partial charge in [0, 0.05) is 31.1 Å². The molecule has 1 heterocycles. The van der Waals surface area contributed by atoms with Crippen molar-refractivity contribution in [1.82, 2.24) is 10.2 Å². The summed E-state index contributed by atoms with van der Waals surface area (Å²) in [6, 6.07) is 0. The Kier molecular flexibility index (Phi) is 4.31. The van der Waals surface area contributed by atoms with Crippen LogP contribution in [-0.4, -0.2) is 36.0 Å². The van der Waals surface area contributed by atoms with Gasteiger partial charge in [0.25, 0.3) is 0 Å². The highest BCUT2D eigenvalue weighted by atomic mass is 16.2. The first-order chi connectivity index (χ1) is 8.52. The Bertz CT molecular complexity index is 293. The third-order valence-corrected chi connectivity index (χ3v) is 4.66. The van der Waals surface area contributed by atoms with E-state index in [2.05, 4.69) is 31.0 Å². The van der Waals surface area contributed by atoms with E-state index in [0.29, 0.717) is 11.8 Å². The highest BCUT2D eigenvalue weighted by molar-refractivity contribution is 5.79. The van der Waals surface area contributed by atoms with Crippen LogP contribution in [0.5, 0.6) is 0 Å². The van der Waals surface area contributed by atoms with Gasteiger partial charge in [0.2, 0.25) is 5.91 Å². The fraction of sp³-hybridized carbons (Fsp3) is 0.933. The lowest BCUT2D eigenvalue weighted by Gasteiger charge is -2.41. The second kappa shape index (κ2) is 5.60. The largest absolute Gasteiger partial charge is 0.339 e. The second-order valence-corrected chi connectivity index (χ2v) is 6.70. The summed E-state index contributed by atoms with van der Waals surface area (Å²) < 4.78 is 0. The molecule has 1 N–H and O–H groups in total. The molecule has 0 aromatic rings. The summed E-state index contributed by atoms with van der Waals surface area (Å²) in [6.07, 6.45) is 6.01. The van der Waals surface area contributed by atoms with Gasteiger partial charge in [-0.2, -0.15) is 0 Å². The molecule has 2 aliphatic rings. The minimum atomic E-state index is 0.0779. The number of piperazine rings is 1. The van der Waals surface area contributed by atoms with Gasteiger partial charge >= 0.3 is 0 Å². The maximum Gasteiger partial charge on any atom is 0.225 e. The van der Waals surface area contributed by atoms with E-state index in [4.69, 9.17) is 0 Å². The molecule has 2 rings (SSSR count). The molecule has 0 radical (unpaired) electrons.